The molecule has 0 spiro atoms. The highest BCUT2D eigenvalue weighted by Crippen LogP contribution is 2.38. The molecular formula is C15H30N2S. The molecule has 0 amide bonds. The molecule has 0 aromatic carbocycles. The minimum Gasteiger partial charge on any atom is -0.313 e. The summed E-state index contributed by atoms with van der Waals surface area (Å²) in [4.78, 5) is 2.48. The average Bonchev–Trinajstić information content (AvgIpc) is 2.62. The lowest BCUT2D eigenvalue weighted by Gasteiger charge is -2.37. The van der Waals surface area contributed by atoms with Gasteiger partial charge in [-0.25, -0.2) is 0 Å². The van der Waals surface area contributed by atoms with E-state index in [1.54, 1.807) is 0 Å². The Morgan fingerprint density at radius 2 is 1.89 bits per heavy atom. The highest BCUT2D eigenvalue weighted by Gasteiger charge is 2.31. The molecule has 3 heteroatoms. The van der Waals surface area contributed by atoms with Gasteiger partial charge in [-0.2, -0.15) is 11.8 Å². The molecule has 1 saturated heterocycles. The number of hydrogen-bond acceptors (Lipinski definition) is 3. The van der Waals surface area contributed by atoms with E-state index in [1.807, 2.05) is 0 Å². The molecule has 0 aromatic heterocycles. The second-order valence-electron chi connectivity index (χ2n) is 6.26. The summed E-state index contributed by atoms with van der Waals surface area (Å²) in [5.41, 5.74) is 0. The van der Waals surface area contributed by atoms with Crippen LogP contribution in [0.5, 0.6) is 0 Å². The zero-order valence-corrected chi connectivity index (χ0v) is 13.0. The fraction of sp³-hybridized carbons (Fsp3) is 1.00. The summed E-state index contributed by atoms with van der Waals surface area (Å²) < 4.78 is 0.552. The van der Waals surface area contributed by atoms with E-state index in [0.29, 0.717) is 4.75 Å². The van der Waals surface area contributed by atoms with Gasteiger partial charge in [0.05, 0.1) is 0 Å². The Labute approximate surface area is 117 Å². The van der Waals surface area contributed by atoms with Crippen LogP contribution in [-0.4, -0.2) is 48.6 Å². The Bertz CT molecular complexity index is 239. The van der Waals surface area contributed by atoms with Gasteiger partial charge in [0.15, 0.2) is 0 Å². The first-order valence-corrected chi connectivity index (χ1v) is 8.94. The number of nitrogens with zero attached hydrogens (tertiary/aromatic N) is 1. The van der Waals surface area contributed by atoms with Crippen LogP contribution < -0.4 is 5.32 Å². The molecule has 2 aliphatic rings. The zero-order valence-electron chi connectivity index (χ0n) is 12.2. The van der Waals surface area contributed by atoms with Crippen molar-refractivity contribution in [1.29, 1.82) is 0 Å². The van der Waals surface area contributed by atoms with Crippen LogP contribution in [0.25, 0.3) is 0 Å². The first-order chi connectivity index (χ1) is 8.74. The molecule has 1 saturated carbocycles. The van der Waals surface area contributed by atoms with Crippen LogP contribution in [0, 0.1) is 0 Å². The quantitative estimate of drug-likeness (QED) is 0.845. The summed E-state index contributed by atoms with van der Waals surface area (Å²) >= 11 is 2.11. The van der Waals surface area contributed by atoms with Crippen LogP contribution in [0.4, 0.5) is 0 Å². The second kappa shape index (κ2) is 7.16. The largest absolute Gasteiger partial charge is 0.313 e. The normalized spacial score (nSPS) is 30.0. The Kier molecular flexibility index (Phi) is 5.84. The maximum absolute atomic E-state index is 3.90. The van der Waals surface area contributed by atoms with Crippen LogP contribution in [0.1, 0.15) is 51.4 Å². The molecule has 18 heavy (non-hydrogen) atoms. The Balaban J connectivity index is 1.78. The lowest BCUT2D eigenvalue weighted by Crippen LogP contribution is -2.43. The minimum absolute atomic E-state index is 0.552. The smallest absolute Gasteiger partial charge is 0.0281 e. The molecule has 2 rings (SSSR count). The van der Waals surface area contributed by atoms with Crippen molar-refractivity contribution in [2.75, 3.05) is 32.9 Å². The molecule has 2 nitrogen and oxygen atoms in total. The van der Waals surface area contributed by atoms with E-state index in [4.69, 9.17) is 0 Å². The van der Waals surface area contributed by atoms with Gasteiger partial charge in [0.25, 0.3) is 0 Å². The predicted octanol–water partition coefficient (Wildman–Crippen LogP) is 3.13. The topological polar surface area (TPSA) is 15.3 Å². The second-order valence-corrected chi connectivity index (χ2v) is 7.53. The van der Waals surface area contributed by atoms with E-state index in [0.717, 1.165) is 6.04 Å². The van der Waals surface area contributed by atoms with E-state index in [1.165, 1.54) is 71.0 Å². The number of likely N-dealkylation sites (tertiary alicyclic amines) is 1. The number of thioether (sulfide) groups is 1. The molecule has 1 unspecified atom stereocenters. The monoisotopic (exact) mass is 270 g/mol. The molecule has 1 atom stereocenters. The average molecular weight is 270 g/mol. The molecule has 106 valence electrons. The molecule has 0 radical (unpaired) electrons. The number of rotatable bonds is 4. The van der Waals surface area contributed by atoms with E-state index >= 15 is 0 Å². The molecule has 1 heterocycles. The van der Waals surface area contributed by atoms with Crippen molar-refractivity contribution in [1.82, 2.24) is 10.2 Å². The zero-order chi connectivity index (χ0) is 12.8. The third-order valence-corrected chi connectivity index (χ3v) is 6.28. The van der Waals surface area contributed by atoms with Gasteiger partial charge in [0.1, 0.15) is 0 Å². The summed E-state index contributed by atoms with van der Waals surface area (Å²) in [6.45, 7) is 3.79. The minimum atomic E-state index is 0.552. The Morgan fingerprint density at radius 1 is 1.11 bits per heavy atom. The fourth-order valence-electron chi connectivity index (χ4n) is 3.42. The maximum Gasteiger partial charge on any atom is 0.0281 e. The van der Waals surface area contributed by atoms with Crippen molar-refractivity contribution in [2.45, 2.75) is 62.2 Å². The van der Waals surface area contributed by atoms with Crippen molar-refractivity contribution >= 4 is 11.8 Å². The first-order valence-electron chi connectivity index (χ1n) is 7.71. The first kappa shape index (κ1) is 14.7. The van der Waals surface area contributed by atoms with Gasteiger partial charge < -0.3 is 10.2 Å². The lowest BCUT2D eigenvalue weighted by molar-refractivity contribution is 0.332. The van der Waals surface area contributed by atoms with Gasteiger partial charge in [-0.05, 0) is 58.5 Å². The number of hydrogen-bond donors (Lipinski definition) is 1. The van der Waals surface area contributed by atoms with Crippen LogP contribution in [0.2, 0.25) is 0 Å². The van der Waals surface area contributed by atoms with Crippen LogP contribution in [0.15, 0.2) is 0 Å². The summed E-state index contributed by atoms with van der Waals surface area (Å²) in [5.74, 6) is 0. The molecule has 1 aliphatic carbocycles. The van der Waals surface area contributed by atoms with Crippen molar-refractivity contribution in [2.24, 2.45) is 0 Å². The highest BCUT2D eigenvalue weighted by molar-refractivity contribution is 8.00. The van der Waals surface area contributed by atoms with Gasteiger partial charge in [0.2, 0.25) is 0 Å². The molecule has 0 aromatic rings. The molecule has 1 aliphatic heterocycles. The van der Waals surface area contributed by atoms with Gasteiger partial charge in [-0.1, -0.05) is 19.3 Å². The summed E-state index contributed by atoms with van der Waals surface area (Å²) in [6, 6.07) is 0.765. The van der Waals surface area contributed by atoms with Crippen LogP contribution in [0.3, 0.4) is 0 Å². The maximum atomic E-state index is 3.90. The van der Waals surface area contributed by atoms with Crippen molar-refractivity contribution in [3.05, 3.63) is 0 Å². The van der Waals surface area contributed by atoms with E-state index in [9.17, 15) is 0 Å². The van der Waals surface area contributed by atoms with Crippen LogP contribution >= 0.6 is 11.8 Å². The van der Waals surface area contributed by atoms with Gasteiger partial charge in [0, 0.05) is 17.3 Å². The van der Waals surface area contributed by atoms with Crippen molar-refractivity contribution < 1.29 is 0 Å². The van der Waals surface area contributed by atoms with E-state index < -0.39 is 0 Å². The van der Waals surface area contributed by atoms with Crippen molar-refractivity contribution in [3.63, 3.8) is 0 Å². The summed E-state index contributed by atoms with van der Waals surface area (Å²) in [6.07, 6.45) is 13.6. The number of nitrogens with one attached hydrogen (secondary N) is 1. The highest BCUT2D eigenvalue weighted by atomic mass is 32.2. The Morgan fingerprint density at radius 3 is 2.61 bits per heavy atom. The third-order valence-electron chi connectivity index (χ3n) is 4.86. The van der Waals surface area contributed by atoms with E-state index in [2.05, 4.69) is 35.3 Å². The summed E-state index contributed by atoms with van der Waals surface area (Å²) in [7, 11) is 2.26. The van der Waals surface area contributed by atoms with Gasteiger partial charge in [-0.15, -0.1) is 0 Å². The van der Waals surface area contributed by atoms with Crippen molar-refractivity contribution in [3.8, 4) is 0 Å². The molecule has 2 fully saturated rings. The summed E-state index contributed by atoms with van der Waals surface area (Å²) in [5, 5.41) is 3.90. The fourth-order valence-corrected chi connectivity index (χ4v) is 4.35. The van der Waals surface area contributed by atoms with Crippen LogP contribution in [-0.2, 0) is 0 Å². The molecular weight excluding hydrogens is 240 g/mol. The van der Waals surface area contributed by atoms with Gasteiger partial charge in [-0.3, -0.25) is 0 Å². The third kappa shape index (κ3) is 4.14. The lowest BCUT2D eigenvalue weighted by atomic mass is 9.88. The SMILES string of the molecule is CSC1(CNC2CCCN(C)CC2)CCCCC1. The Hall–Kier alpha value is 0.270. The molecule has 1 N–H and O–H groups in total. The standard InChI is InChI=1S/C15H30N2S/c1-17-11-6-7-14(8-12-17)16-13-15(18-2)9-4-3-5-10-15/h14,16H,3-13H2,1-2H3. The molecule has 0 bridgehead atoms. The van der Waals surface area contributed by atoms with E-state index in [-0.39, 0.29) is 0 Å². The van der Waals surface area contributed by atoms with Gasteiger partial charge >= 0.3 is 0 Å². The predicted molar refractivity (Wildman–Crippen MR) is 82.5 cm³/mol.